The molecular formula is C24H22N4O5. The number of furan rings is 2. The summed E-state index contributed by atoms with van der Waals surface area (Å²) in [5.41, 5.74) is 2.23. The molecule has 2 aliphatic heterocycles. The molecule has 0 aliphatic carbocycles. The minimum absolute atomic E-state index is 0.389. The first-order valence-electron chi connectivity index (χ1n) is 10.6. The lowest BCUT2D eigenvalue weighted by Gasteiger charge is -2.22. The molecule has 1 saturated heterocycles. The van der Waals surface area contributed by atoms with Crippen LogP contribution in [0, 0.1) is 6.92 Å². The fraction of sp³-hybridized carbons (Fsp3) is 0.250. The molecule has 1 fully saturated rings. The van der Waals surface area contributed by atoms with E-state index >= 15 is 0 Å². The molecule has 168 valence electrons. The van der Waals surface area contributed by atoms with Gasteiger partial charge >= 0.3 is 6.03 Å². The molecule has 5 rings (SSSR count). The van der Waals surface area contributed by atoms with Crippen LogP contribution in [0.2, 0.25) is 0 Å². The van der Waals surface area contributed by atoms with E-state index in [2.05, 4.69) is 5.10 Å². The molecular weight excluding hydrogens is 424 g/mol. The lowest BCUT2D eigenvalue weighted by Crippen LogP contribution is -2.42. The smallest absolute Gasteiger partial charge is 0.332 e. The Bertz CT molecular complexity index is 1210. The van der Waals surface area contributed by atoms with E-state index in [-0.39, 0.29) is 0 Å². The number of hydrogen-bond donors (Lipinski definition) is 0. The maximum atomic E-state index is 13.3. The van der Waals surface area contributed by atoms with E-state index in [1.165, 1.54) is 22.4 Å². The zero-order valence-corrected chi connectivity index (χ0v) is 18.2. The normalized spacial score (nSPS) is 20.7. The minimum atomic E-state index is -0.713. The Kier molecular flexibility index (Phi) is 5.08. The summed E-state index contributed by atoms with van der Waals surface area (Å²) < 4.78 is 11.0. The number of amides is 4. The predicted octanol–water partition coefficient (Wildman–Crippen LogP) is 3.72. The lowest BCUT2D eigenvalue weighted by molar-refractivity contribution is -0.138. The van der Waals surface area contributed by atoms with Gasteiger partial charge in [-0.05, 0) is 50.2 Å². The van der Waals surface area contributed by atoms with Crippen LogP contribution in [0.15, 0.2) is 75.0 Å². The Morgan fingerprint density at radius 3 is 2.45 bits per heavy atom. The van der Waals surface area contributed by atoms with Gasteiger partial charge in [-0.2, -0.15) is 5.10 Å². The molecule has 2 aliphatic rings. The third-order valence-corrected chi connectivity index (χ3v) is 5.90. The maximum Gasteiger partial charge on any atom is 0.332 e. The van der Waals surface area contributed by atoms with E-state index in [1.807, 2.05) is 19.1 Å². The van der Waals surface area contributed by atoms with Crippen molar-refractivity contribution in [3.63, 3.8) is 0 Å². The molecule has 0 spiro atoms. The van der Waals surface area contributed by atoms with Crippen LogP contribution in [-0.2, 0) is 9.59 Å². The van der Waals surface area contributed by atoms with Crippen LogP contribution >= 0.6 is 0 Å². The van der Waals surface area contributed by atoms with Crippen LogP contribution in [0.3, 0.4) is 0 Å². The molecule has 0 N–H and O–H groups in total. The molecule has 3 aromatic rings. The zero-order valence-electron chi connectivity index (χ0n) is 18.2. The number of benzene rings is 1. The molecule has 9 heteroatoms. The van der Waals surface area contributed by atoms with E-state index in [4.69, 9.17) is 8.83 Å². The topological polar surface area (TPSA) is 99.6 Å². The molecule has 2 atom stereocenters. The minimum Gasteiger partial charge on any atom is -0.467 e. The average molecular weight is 446 g/mol. The zero-order chi connectivity index (χ0) is 23.1. The Morgan fingerprint density at radius 1 is 1.06 bits per heavy atom. The van der Waals surface area contributed by atoms with Gasteiger partial charge in [-0.3, -0.25) is 19.4 Å². The molecule has 33 heavy (non-hydrogen) atoms. The second kappa shape index (κ2) is 8.09. The highest BCUT2D eigenvalue weighted by atomic mass is 16.3. The van der Waals surface area contributed by atoms with Crippen LogP contribution in [-0.4, -0.2) is 46.1 Å². The SMILES string of the molecule is Cc1ccc(N2C(=O)N(CC(=O)N3N=C(c4ccco4)C[C@@H]3c3ccco3)C(=O)[C@@H]2C)cc1. The first-order valence-corrected chi connectivity index (χ1v) is 10.6. The standard InChI is InChI=1S/C24H22N4O5/c1-15-7-9-17(10-8-15)27-16(2)23(30)26(24(27)31)14-22(29)28-19(21-6-4-12-33-21)13-18(25-28)20-5-3-11-32-20/h3-12,16,19H,13-14H2,1-2H3/t16-,19+/m0/s1. The van der Waals surface area contributed by atoms with Gasteiger partial charge in [0.15, 0.2) is 0 Å². The summed E-state index contributed by atoms with van der Waals surface area (Å²) in [6.07, 6.45) is 3.45. The molecule has 4 heterocycles. The van der Waals surface area contributed by atoms with Crippen molar-refractivity contribution in [1.29, 1.82) is 0 Å². The number of carbonyl (C=O) groups is 3. The maximum absolute atomic E-state index is 13.3. The second-order valence-electron chi connectivity index (χ2n) is 8.09. The quantitative estimate of drug-likeness (QED) is 0.556. The van der Waals surface area contributed by atoms with E-state index < -0.39 is 36.5 Å². The molecule has 4 amide bonds. The van der Waals surface area contributed by atoms with Crippen LogP contribution in [0.5, 0.6) is 0 Å². The lowest BCUT2D eigenvalue weighted by atomic mass is 10.1. The van der Waals surface area contributed by atoms with Gasteiger partial charge in [0.1, 0.15) is 35.9 Å². The van der Waals surface area contributed by atoms with Crippen molar-refractivity contribution in [2.24, 2.45) is 5.10 Å². The van der Waals surface area contributed by atoms with Gasteiger partial charge < -0.3 is 8.83 Å². The van der Waals surface area contributed by atoms with Crippen molar-refractivity contribution in [3.8, 4) is 0 Å². The molecule has 0 unspecified atom stereocenters. The van der Waals surface area contributed by atoms with Crippen LogP contribution in [0.1, 0.15) is 36.5 Å². The molecule has 0 saturated carbocycles. The van der Waals surface area contributed by atoms with Crippen molar-refractivity contribution < 1.29 is 23.2 Å². The number of nitrogens with zero attached hydrogens (tertiary/aromatic N) is 4. The van der Waals surface area contributed by atoms with Gasteiger partial charge in [-0.1, -0.05) is 17.7 Å². The van der Waals surface area contributed by atoms with Gasteiger partial charge in [-0.15, -0.1) is 0 Å². The molecule has 2 aromatic heterocycles. The molecule has 0 radical (unpaired) electrons. The average Bonchev–Trinajstić information content (AvgIpc) is 3.60. The Morgan fingerprint density at radius 2 is 1.79 bits per heavy atom. The number of imide groups is 1. The summed E-state index contributed by atoms with van der Waals surface area (Å²) in [5, 5.41) is 5.72. The van der Waals surface area contributed by atoms with Crippen LogP contribution in [0.4, 0.5) is 10.5 Å². The number of hydrazone groups is 1. The number of anilines is 1. The van der Waals surface area contributed by atoms with Gasteiger partial charge in [0, 0.05) is 12.1 Å². The van der Waals surface area contributed by atoms with Gasteiger partial charge in [0.25, 0.3) is 11.8 Å². The predicted molar refractivity (Wildman–Crippen MR) is 118 cm³/mol. The fourth-order valence-corrected chi connectivity index (χ4v) is 4.15. The second-order valence-corrected chi connectivity index (χ2v) is 8.09. The molecule has 0 bridgehead atoms. The van der Waals surface area contributed by atoms with E-state index in [0.29, 0.717) is 29.3 Å². The largest absolute Gasteiger partial charge is 0.467 e. The number of urea groups is 1. The first-order chi connectivity index (χ1) is 15.9. The molecule has 1 aromatic carbocycles. The highest BCUT2D eigenvalue weighted by molar-refractivity contribution is 6.15. The van der Waals surface area contributed by atoms with Crippen molar-refractivity contribution in [3.05, 3.63) is 78.1 Å². The number of aryl methyl sites for hydroxylation is 1. The van der Waals surface area contributed by atoms with Crippen molar-refractivity contribution in [1.82, 2.24) is 9.91 Å². The summed E-state index contributed by atoms with van der Waals surface area (Å²) >= 11 is 0. The Balaban J connectivity index is 1.39. The Labute approximate surface area is 189 Å². The summed E-state index contributed by atoms with van der Waals surface area (Å²) in [6.45, 7) is 3.17. The third kappa shape index (κ3) is 3.61. The first kappa shape index (κ1) is 20.7. The number of hydrogen-bond acceptors (Lipinski definition) is 6. The highest BCUT2D eigenvalue weighted by Crippen LogP contribution is 2.34. The van der Waals surface area contributed by atoms with E-state index in [0.717, 1.165) is 10.5 Å². The van der Waals surface area contributed by atoms with E-state index in [1.54, 1.807) is 43.3 Å². The monoisotopic (exact) mass is 446 g/mol. The number of rotatable bonds is 5. The van der Waals surface area contributed by atoms with Crippen LogP contribution in [0.25, 0.3) is 0 Å². The highest BCUT2D eigenvalue weighted by Gasteiger charge is 2.46. The summed E-state index contributed by atoms with van der Waals surface area (Å²) in [4.78, 5) is 41.7. The van der Waals surface area contributed by atoms with E-state index in [9.17, 15) is 14.4 Å². The summed E-state index contributed by atoms with van der Waals surface area (Å²) in [5.74, 6) is 0.187. The summed E-state index contributed by atoms with van der Waals surface area (Å²) in [6, 6.07) is 12.6. The number of carbonyl (C=O) groups excluding carboxylic acids is 3. The van der Waals surface area contributed by atoms with Gasteiger partial charge in [-0.25, -0.2) is 9.80 Å². The molecule has 9 nitrogen and oxygen atoms in total. The third-order valence-electron chi connectivity index (χ3n) is 5.90. The van der Waals surface area contributed by atoms with Gasteiger partial charge in [0.2, 0.25) is 0 Å². The summed E-state index contributed by atoms with van der Waals surface area (Å²) in [7, 11) is 0. The fourth-order valence-electron chi connectivity index (χ4n) is 4.15. The van der Waals surface area contributed by atoms with Crippen LogP contribution < -0.4 is 4.90 Å². The van der Waals surface area contributed by atoms with Crippen molar-refractivity contribution in [2.45, 2.75) is 32.4 Å². The van der Waals surface area contributed by atoms with Crippen molar-refractivity contribution >= 4 is 29.2 Å². The van der Waals surface area contributed by atoms with Gasteiger partial charge in [0.05, 0.1) is 12.5 Å². The van der Waals surface area contributed by atoms with Crippen molar-refractivity contribution in [2.75, 3.05) is 11.4 Å². The Hall–Kier alpha value is -4.14.